The molecule has 0 aromatic carbocycles. The van der Waals surface area contributed by atoms with E-state index in [0.717, 1.165) is 31.7 Å². The van der Waals surface area contributed by atoms with E-state index in [-0.39, 0.29) is 0 Å². The molecule has 0 aliphatic carbocycles. The highest BCUT2D eigenvalue weighted by atomic mass is 16.5. The largest absolute Gasteiger partial charge is 0.377 e. The molecule has 0 radical (unpaired) electrons. The maximum absolute atomic E-state index is 5.87. The summed E-state index contributed by atoms with van der Waals surface area (Å²) in [6.45, 7) is 10.3. The first kappa shape index (κ1) is 14.3. The van der Waals surface area contributed by atoms with Gasteiger partial charge >= 0.3 is 0 Å². The molecule has 0 bridgehead atoms. The molecule has 2 aliphatic heterocycles. The van der Waals surface area contributed by atoms with Crippen LogP contribution in [0.4, 0.5) is 0 Å². The second-order valence-electron chi connectivity index (χ2n) is 5.87. The van der Waals surface area contributed by atoms with E-state index in [2.05, 4.69) is 24.1 Å². The molecule has 0 amide bonds. The molecule has 0 spiro atoms. The molecule has 3 heteroatoms. The van der Waals surface area contributed by atoms with E-state index >= 15 is 0 Å². The molecule has 2 aliphatic rings. The number of ether oxygens (including phenoxy) is 1. The molecule has 2 fully saturated rings. The highest BCUT2D eigenvalue weighted by Gasteiger charge is 2.28. The molecule has 2 heterocycles. The van der Waals surface area contributed by atoms with Crippen LogP contribution in [0.25, 0.3) is 0 Å². The zero-order valence-corrected chi connectivity index (χ0v) is 12.2. The summed E-state index contributed by atoms with van der Waals surface area (Å²) in [5.74, 6) is 0.822. The lowest BCUT2D eigenvalue weighted by molar-refractivity contribution is -0.0156. The quantitative estimate of drug-likeness (QED) is 0.814. The Morgan fingerprint density at radius 2 is 2.11 bits per heavy atom. The van der Waals surface area contributed by atoms with E-state index in [1.807, 2.05) is 0 Å². The fourth-order valence-electron chi connectivity index (χ4n) is 3.46. The number of nitrogens with one attached hydrogen (secondary N) is 1. The second kappa shape index (κ2) is 7.46. The maximum Gasteiger partial charge on any atom is 0.0702 e. The number of hydrogen-bond donors (Lipinski definition) is 1. The van der Waals surface area contributed by atoms with Gasteiger partial charge in [0.05, 0.1) is 6.10 Å². The minimum atomic E-state index is 0.506. The van der Waals surface area contributed by atoms with E-state index in [1.54, 1.807) is 0 Å². The Hall–Kier alpha value is -0.120. The molecule has 3 nitrogen and oxygen atoms in total. The van der Waals surface area contributed by atoms with Gasteiger partial charge in [-0.2, -0.15) is 0 Å². The van der Waals surface area contributed by atoms with Gasteiger partial charge in [0.1, 0.15) is 0 Å². The van der Waals surface area contributed by atoms with Crippen molar-refractivity contribution < 1.29 is 4.74 Å². The molecule has 3 unspecified atom stereocenters. The van der Waals surface area contributed by atoms with Gasteiger partial charge in [0.15, 0.2) is 0 Å². The molecular formula is C15H30N2O. The summed E-state index contributed by atoms with van der Waals surface area (Å²) in [6, 6.07) is 0.739. The molecule has 0 saturated carbocycles. The maximum atomic E-state index is 5.87. The van der Waals surface area contributed by atoms with Gasteiger partial charge in [-0.15, -0.1) is 0 Å². The smallest absolute Gasteiger partial charge is 0.0702 e. The van der Waals surface area contributed by atoms with E-state index in [0.29, 0.717) is 6.10 Å². The highest BCUT2D eigenvalue weighted by Crippen LogP contribution is 2.22. The van der Waals surface area contributed by atoms with Gasteiger partial charge in [-0.05, 0) is 44.7 Å². The Bertz CT molecular complexity index is 229. The van der Waals surface area contributed by atoms with E-state index in [1.165, 1.54) is 45.2 Å². The van der Waals surface area contributed by atoms with Crippen LogP contribution < -0.4 is 5.32 Å². The molecule has 18 heavy (non-hydrogen) atoms. The van der Waals surface area contributed by atoms with Crippen LogP contribution in [0.3, 0.4) is 0 Å². The van der Waals surface area contributed by atoms with Crippen LogP contribution in [0.2, 0.25) is 0 Å². The van der Waals surface area contributed by atoms with Crippen molar-refractivity contribution >= 4 is 0 Å². The third kappa shape index (κ3) is 3.94. The lowest BCUT2D eigenvalue weighted by atomic mass is 9.89. The van der Waals surface area contributed by atoms with Crippen molar-refractivity contribution in [3.8, 4) is 0 Å². The number of piperidine rings is 1. The molecule has 1 N–H and O–H groups in total. The van der Waals surface area contributed by atoms with E-state index in [4.69, 9.17) is 4.74 Å². The van der Waals surface area contributed by atoms with Crippen LogP contribution in [0.15, 0.2) is 0 Å². The van der Waals surface area contributed by atoms with Crippen LogP contribution in [-0.2, 0) is 4.74 Å². The van der Waals surface area contributed by atoms with E-state index in [9.17, 15) is 0 Å². The first-order valence-electron chi connectivity index (χ1n) is 7.90. The van der Waals surface area contributed by atoms with Crippen molar-refractivity contribution in [1.82, 2.24) is 10.2 Å². The molecule has 106 valence electrons. The lowest BCUT2D eigenvalue weighted by Gasteiger charge is -2.40. The predicted octanol–water partition coefficient (Wildman–Crippen LogP) is 2.27. The number of likely N-dealkylation sites (tertiary alicyclic amines) is 1. The minimum Gasteiger partial charge on any atom is -0.377 e. The second-order valence-corrected chi connectivity index (χ2v) is 5.87. The van der Waals surface area contributed by atoms with Gasteiger partial charge in [0.25, 0.3) is 0 Å². The van der Waals surface area contributed by atoms with Crippen LogP contribution in [0.1, 0.15) is 46.0 Å². The molecule has 2 rings (SSSR count). The normalized spacial score (nSPS) is 34.7. The van der Waals surface area contributed by atoms with Crippen molar-refractivity contribution in [2.24, 2.45) is 5.92 Å². The Morgan fingerprint density at radius 1 is 1.22 bits per heavy atom. The third-order valence-electron chi connectivity index (χ3n) is 4.54. The first-order chi connectivity index (χ1) is 8.83. The van der Waals surface area contributed by atoms with Crippen molar-refractivity contribution in [3.05, 3.63) is 0 Å². The summed E-state index contributed by atoms with van der Waals surface area (Å²) in [6.07, 6.45) is 6.99. The molecular weight excluding hydrogens is 224 g/mol. The predicted molar refractivity (Wildman–Crippen MR) is 75.9 cm³/mol. The third-order valence-corrected chi connectivity index (χ3v) is 4.54. The summed E-state index contributed by atoms with van der Waals surface area (Å²) in [5, 5.41) is 3.65. The molecule has 0 aromatic rings. The van der Waals surface area contributed by atoms with Gasteiger partial charge in [-0.25, -0.2) is 0 Å². The van der Waals surface area contributed by atoms with Crippen LogP contribution in [0, 0.1) is 5.92 Å². The monoisotopic (exact) mass is 254 g/mol. The number of rotatable bonds is 5. The van der Waals surface area contributed by atoms with Crippen LogP contribution in [-0.4, -0.2) is 49.8 Å². The van der Waals surface area contributed by atoms with Gasteiger partial charge in [-0.3, -0.25) is 0 Å². The standard InChI is InChI=1S/C15H30N2O/c1-3-13-11-17(9-8-15(13)16-4-2)12-14-7-5-6-10-18-14/h13-16H,3-12H2,1-2H3. The average molecular weight is 254 g/mol. The lowest BCUT2D eigenvalue weighted by Crippen LogP contribution is -2.51. The van der Waals surface area contributed by atoms with Gasteiger partial charge in [0, 0.05) is 25.7 Å². The minimum absolute atomic E-state index is 0.506. The van der Waals surface area contributed by atoms with Crippen molar-refractivity contribution in [2.75, 3.05) is 32.8 Å². The van der Waals surface area contributed by atoms with Crippen LogP contribution >= 0.6 is 0 Å². The Balaban J connectivity index is 1.77. The fourth-order valence-corrected chi connectivity index (χ4v) is 3.46. The summed E-state index contributed by atoms with van der Waals surface area (Å²) >= 11 is 0. The van der Waals surface area contributed by atoms with Gasteiger partial charge < -0.3 is 15.0 Å². The van der Waals surface area contributed by atoms with Gasteiger partial charge in [0.2, 0.25) is 0 Å². The summed E-state index contributed by atoms with van der Waals surface area (Å²) in [7, 11) is 0. The zero-order chi connectivity index (χ0) is 12.8. The summed E-state index contributed by atoms with van der Waals surface area (Å²) < 4.78 is 5.87. The van der Waals surface area contributed by atoms with E-state index < -0.39 is 0 Å². The Labute approximate surface area is 112 Å². The summed E-state index contributed by atoms with van der Waals surface area (Å²) in [5.41, 5.74) is 0. The highest BCUT2D eigenvalue weighted by molar-refractivity contribution is 4.85. The molecule has 3 atom stereocenters. The summed E-state index contributed by atoms with van der Waals surface area (Å²) in [4.78, 5) is 2.64. The Morgan fingerprint density at radius 3 is 2.78 bits per heavy atom. The zero-order valence-electron chi connectivity index (χ0n) is 12.2. The Kier molecular flexibility index (Phi) is 5.93. The average Bonchev–Trinajstić information content (AvgIpc) is 2.42. The topological polar surface area (TPSA) is 24.5 Å². The SMILES string of the molecule is CCNC1CCN(CC2CCCCO2)CC1CC. The van der Waals surface area contributed by atoms with Gasteiger partial charge in [-0.1, -0.05) is 20.3 Å². The van der Waals surface area contributed by atoms with Crippen molar-refractivity contribution in [2.45, 2.75) is 58.1 Å². The van der Waals surface area contributed by atoms with Crippen molar-refractivity contribution in [1.29, 1.82) is 0 Å². The molecule has 2 saturated heterocycles. The number of nitrogens with zero attached hydrogens (tertiary/aromatic N) is 1. The van der Waals surface area contributed by atoms with Crippen molar-refractivity contribution in [3.63, 3.8) is 0 Å². The number of hydrogen-bond acceptors (Lipinski definition) is 3. The first-order valence-corrected chi connectivity index (χ1v) is 7.90. The van der Waals surface area contributed by atoms with Crippen LogP contribution in [0.5, 0.6) is 0 Å². The molecule has 0 aromatic heterocycles. The fraction of sp³-hybridized carbons (Fsp3) is 1.00.